The van der Waals surface area contributed by atoms with Crippen LogP contribution in [0.4, 0.5) is 0 Å². The first-order chi connectivity index (χ1) is 11.0. The minimum atomic E-state index is -0.262. The van der Waals surface area contributed by atoms with Crippen molar-refractivity contribution in [2.45, 2.75) is 31.8 Å². The molecule has 0 amide bonds. The Hall–Kier alpha value is -2.48. The summed E-state index contributed by atoms with van der Waals surface area (Å²) in [4.78, 5) is 0. The van der Waals surface area contributed by atoms with Gasteiger partial charge in [0.15, 0.2) is 0 Å². The van der Waals surface area contributed by atoms with Crippen LogP contribution in [0.1, 0.15) is 37.3 Å². The van der Waals surface area contributed by atoms with Crippen LogP contribution >= 0.6 is 0 Å². The Morgan fingerprint density at radius 3 is 2.61 bits per heavy atom. The van der Waals surface area contributed by atoms with Gasteiger partial charge in [-0.2, -0.15) is 0 Å². The van der Waals surface area contributed by atoms with Gasteiger partial charge in [0.05, 0.1) is 0 Å². The summed E-state index contributed by atoms with van der Waals surface area (Å²) in [7, 11) is 0. The average Bonchev–Trinajstić information content (AvgIpc) is 2.52. The number of aromatic hydroxyl groups is 1. The third-order valence-electron chi connectivity index (χ3n) is 4.65. The molecule has 1 aliphatic rings. The fourth-order valence-corrected chi connectivity index (χ4v) is 3.67. The number of hydrogen-bond donors (Lipinski definition) is 1. The average molecular weight is 304 g/mol. The summed E-state index contributed by atoms with van der Waals surface area (Å²) in [6.45, 7) is 4.22. The molecule has 1 N–H and O–H groups in total. The Labute approximate surface area is 136 Å². The first-order valence-corrected chi connectivity index (χ1v) is 8.03. The van der Waals surface area contributed by atoms with Crippen molar-refractivity contribution in [1.82, 2.24) is 0 Å². The van der Waals surface area contributed by atoms with E-state index in [9.17, 15) is 5.11 Å². The highest BCUT2D eigenvalue weighted by Crippen LogP contribution is 2.46. The van der Waals surface area contributed by atoms with E-state index in [1.165, 1.54) is 16.3 Å². The number of benzene rings is 3. The third kappa shape index (κ3) is 2.44. The molecule has 0 spiro atoms. The number of phenols is 1. The van der Waals surface area contributed by atoms with Crippen molar-refractivity contribution in [3.8, 4) is 11.5 Å². The van der Waals surface area contributed by atoms with E-state index >= 15 is 0 Å². The Morgan fingerprint density at radius 2 is 1.74 bits per heavy atom. The smallest absolute Gasteiger partial charge is 0.127 e. The topological polar surface area (TPSA) is 29.5 Å². The number of ether oxygens (including phenoxy) is 1. The molecule has 1 aliphatic heterocycles. The summed E-state index contributed by atoms with van der Waals surface area (Å²) >= 11 is 0. The molecule has 0 saturated carbocycles. The molecule has 116 valence electrons. The van der Waals surface area contributed by atoms with Gasteiger partial charge in [-0.15, -0.1) is 0 Å². The van der Waals surface area contributed by atoms with E-state index in [1.807, 2.05) is 6.07 Å². The quantitative estimate of drug-likeness (QED) is 0.666. The Balaban J connectivity index is 1.94. The van der Waals surface area contributed by atoms with Crippen molar-refractivity contribution >= 4 is 10.8 Å². The zero-order chi connectivity index (χ0) is 16.0. The zero-order valence-electron chi connectivity index (χ0n) is 13.4. The summed E-state index contributed by atoms with van der Waals surface area (Å²) in [6, 6.07) is 20.5. The van der Waals surface area contributed by atoms with E-state index in [-0.39, 0.29) is 17.3 Å². The van der Waals surface area contributed by atoms with Crippen molar-refractivity contribution in [3.05, 3.63) is 71.8 Å². The molecule has 1 atom stereocenters. The Kier molecular flexibility index (Phi) is 3.08. The van der Waals surface area contributed by atoms with Gasteiger partial charge in [0.2, 0.25) is 0 Å². The van der Waals surface area contributed by atoms with E-state index in [4.69, 9.17) is 4.74 Å². The van der Waals surface area contributed by atoms with Crippen LogP contribution in [0.3, 0.4) is 0 Å². The molecular formula is C21H20O2. The van der Waals surface area contributed by atoms with Gasteiger partial charge in [-0.05, 0) is 42.7 Å². The van der Waals surface area contributed by atoms with Gasteiger partial charge in [-0.3, -0.25) is 0 Å². The SMILES string of the molecule is CC1(C)CC(c2cccc3ccccc23)c2ccc(O)cc2O1. The maximum atomic E-state index is 9.81. The lowest BCUT2D eigenvalue weighted by Gasteiger charge is -2.38. The van der Waals surface area contributed by atoms with Crippen LogP contribution in [-0.4, -0.2) is 10.7 Å². The second-order valence-electron chi connectivity index (χ2n) is 6.91. The third-order valence-corrected chi connectivity index (χ3v) is 4.65. The van der Waals surface area contributed by atoms with Gasteiger partial charge in [0.1, 0.15) is 17.1 Å². The highest BCUT2D eigenvalue weighted by Gasteiger charge is 2.35. The molecule has 3 aromatic rings. The number of phenolic OH excluding ortho intramolecular Hbond substituents is 1. The minimum Gasteiger partial charge on any atom is -0.508 e. The largest absolute Gasteiger partial charge is 0.508 e. The Morgan fingerprint density at radius 1 is 0.957 bits per heavy atom. The van der Waals surface area contributed by atoms with Crippen LogP contribution in [0.2, 0.25) is 0 Å². The van der Waals surface area contributed by atoms with Gasteiger partial charge in [-0.1, -0.05) is 48.5 Å². The van der Waals surface area contributed by atoms with Crippen LogP contribution < -0.4 is 4.74 Å². The van der Waals surface area contributed by atoms with Gasteiger partial charge in [0.25, 0.3) is 0 Å². The lowest BCUT2D eigenvalue weighted by Crippen LogP contribution is -2.35. The van der Waals surface area contributed by atoms with Crippen molar-refractivity contribution in [2.75, 3.05) is 0 Å². The highest BCUT2D eigenvalue weighted by molar-refractivity contribution is 5.86. The van der Waals surface area contributed by atoms with Crippen LogP contribution in [0.5, 0.6) is 11.5 Å². The van der Waals surface area contributed by atoms with Crippen molar-refractivity contribution in [2.24, 2.45) is 0 Å². The molecule has 1 unspecified atom stereocenters. The summed E-state index contributed by atoms with van der Waals surface area (Å²) < 4.78 is 6.10. The molecule has 23 heavy (non-hydrogen) atoms. The van der Waals surface area contributed by atoms with E-state index in [2.05, 4.69) is 56.3 Å². The molecule has 0 saturated heterocycles. The van der Waals surface area contributed by atoms with E-state index < -0.39 is 0 Å². The van der Waals surface area contributed by atoms with Crippen LogP contribution in [0.25, 0.3) is 10.8 Å². The predicted molar refractivity (Wildman–Crippen MR) is 93.2 cm³/mol. The molecule has 0 fully saturated rings. The van der Waals surface area contributed by atoms with Gasteiger partial charge in [-0.25, -0.2) is 0 Å². The molecule has 1 heterocycles. The molecular weight excluding hydrogens is 284 g/mol. The number of hydrogen-bond acceptors (Lipinski definition) is 2. The van der Waals surface area contributed by atoms with Crippen LogP contribution in [0.15, 0.2) is 60.7 Å². The lowest BCUT2D eigenvalue weighted by atomic mass is 9.78. The van der Waals surface area contributed by atoms with Gasteiger partial charge in [0, 0.05) is 17.5 Å². The monoisotopic (exact) mass is 304 g/mol. The van der Waals surface area contributed by atoms with Gasteiger partial charge < -0.3 is 9.84 Å². The molecule has 0 aromatic heterocycles. The van der Waals surface area contributed by atoms with E-state index in [1.54, 1.807) is 12.1 Å². The second kappa shape index (κ2) is 5.02. The molecule has 0 bridgehead atoms. The molecule has 3 aromatic carbocycles. The zero-order valence-corrected chi connectivity index (χ0v) is 13.4. The normalized spacial score (nSPS) is 19.1. The molecule has 4 rings (SSSR count). The van der Waals surface area contributed by atoms with Crippen LogP contribution in [0, 0.1) is 0 Å². The fourth-order valence-electron chi connectivity index (χ4n) is 3.67. The van der Waals surface area contributed by atoms with E-state index in [0.29, 0.717) is 0 Å². The number of rotatable bonds is 1. The van der Waals surface area contributed by atoms with Gasteiger partial charge >= 0.3 is 0 Å². The summed E-state index contributed by atoms with van der Waals surface area (Å²) in [5.74, 6) is 1.30. The summed E-state index contributed by atoms with van der Waals surface area (Å²) in [5.41, 5.74) is 2.22. The first-order valence-electron chi connectivity index (χ1n) is 8.03. The first kappa shape index (κ1) is 14.1. The van der Waals surface area contributed by atoms with Crippen molar-refractivity contribution < 1.29 is 9.84 Å². The molecule has 2 nitrogen and oxygen atoms in total. The number of fused-ring (bicyclic) bond motifs is 2. The Bertz CT molecular complexity index is 875. The summed E-state index contributed by atoms with van der Waals surface area (Å²) in [6.07, 6.45) is 0.915. The highest BCUT2D eigenvalue weighted by atomic mass is 16.5. The lowest BCUT2D eigenvalue weighted by molar-refractivity contribution is 0.0773. The maximum absolute atomic E-state index is 9.81. The fraction of sp³-hybridized carbons (Fsp3) is 0.238. The van der Waals surface area contributed by atoms with Crippen molar-refractivity contribution in [3.63, 3.8) is 0 Å². The summed E-state index contributed by atoms with van der Waals surface area (Å²) in [5, 5.41) is 12.4. The molecule has 0 aliphatic carbocycles. The maximum Gasteiger partial charge on any atom is 0.127 e. The molecule has 2 heteroatoms. The molecule has 0 radical (unpaired) electrons. The van der Waals surface area contributed by atoms with Crippen molar-refractivity contribution in [1.29, 1.82) is 0 Å². The second-order valence-corrected chi connectivity index (χ2v) is 6.91. The minimum absolute atomic E-state index is 0.248. The van der Waals surface area contributed by atoms with Crippen LogP contribution in [-0.2, 0) is 0 Å². The van der Waals surface area contributed by atoms with E-state index in [0.717, 1.165) is 17.7 Å². The standard InChI is InChI=1S/C21H20O2/c1-21(2)13-19(18-11-10-15(22)12-20(18)23-21)17-9-5-7-14-6-3-4-8-16(14)17/h3-12,19,22H,13H2,1-2H3. The predicted octanol–water partition coefficient (Wildman–Crippen LogP) is 5.24.